The van der Waals surface area contributed by atoms with Crippen molar-refractivity contribution in [1.29, 1.82) is 0 Å². The lowest BCUT2D eigenvalue weighted by Crippen LogP contribution is -2.61. The number of ether oxygens (including phenoxy) is 2. The van der Waals surface area contributed by atoms with Crippen LogP contribution < -0.4 is 30.7 Å². The molecule has 2 bridgehead atoms. The van der Waals surface area contributed by atoms with Crippen LogP contribution in [0.5, 0.6) is 11.5 Å². The van der Waals surface area contributed by atoms with Gasteiger partial charge in [0, 0.05) is 37.9 Å². The van der Waals surface area contributed by atoms with Crippen LogP contribution in [0, 0.1) is 0 Å². The average Bonchev–Trinajstić information content (AvgIpc) is 3.10. The number of rotatable bonds is 3. The summed E-state index contributed by atoms with van der Waals surface area (Å²) in [7, 11) is 0. The molecule has 6 rings (SSSR count). The lowest BCUT2D eigenvalue weighted by atomic mass is 9.89. The van der Waals surface area contributed by atoms with Gasteiger partial charge in [-0.25, -0.2) is 0 Å². The zero-order valence-corrected chi connectivity index (χ0v) is 27.1. The number of amides is 5. The molecule has 5 amide bonds. The molecule has 0 unspecified atom stereocenters. The predicted octanol–water partition coefficient (Wildman–Crippen LogP) is 1.99. The fourth-order valence-corrected chi connectivity index (χ4v) is 5.66. The Hall–Kier alpha value is -5.39. The van der Waals surface area contributed by atoms with Crippen molar-refractivity contribution >= 4 is 29.5 Å². The molecule has 252 valence electrons. The number of piperidine rings is 1. The quantitative estimate of drug-likeness (QED) is 0.315. The van der Waals surface area contributed by atoms with Gasteiger partial charge in [-0.1, -0.05) is 48.5 Å². The zero-order chi connectivity index (χ0) is 34.1. The summed E-state index contributed by atoms with van der Waals surface area (Å²) >= 11 is 0. The Kier molecular flexibility index (Phi) is 10.9. The number of hydrogen-bond acceptors (Lipinski definition) is 7. The van der Waals surface area contributed by atoms with Crippen LogP contribution in [-0.2, 0) is 25.6 Å². The molecule has 0 aliphatic carbocycles. The van der Waals surface area contributed by atoms with E-state index in [2.05, 4.69) is 21.3 Å². The highest BCUT2D eigenvalue weighted by Crippen LogP contribution is 2.31. The van der Waals surface area contributed by atoms with E-state index in [1.54, 1.807) is 60.4 Å². The molecule has 1 fully saturated rings. The van der Waals surface area contributed by atoms with Crippen LogP contribution in [0.2, 0.25) is 0 Å². The van der Waals surface area contributed by atoms with Gasteiger partial charge in [-0.2, -0.15) is 0 Å². The van der Waals surface area contributed by atoms with E-state index in [1.807, 2.05) is 36.4 Å². The van der Waals surface area contributed by atoms with E-state index in [1.165, 1.54) is 6.92 Å². The summed E-state index contributed by atoms with van der Waals surface area (Å²) < 4.78 is 12.2. The summed E-state index contributed by atoms with van der Waals surface area (Å²) in [6, 6.07) is 21.9. The Labute approximate surface area is 279 Å². The molecule has 0 radical (unpaired) electrons. The Morgan fingerprint density at radius 2 is 1.35 bits per heavy atom. The molecule has 3 atom stereocenters. The Morgan fingerprint density at radius 1 is 0.750 bits per heavy atom. The van der Waals surface area contributed by atoms with E-state index in [4.69, 9.17) is 9.47 Å². The second-order valence-corrected chi connectivity index (χ2v) is 12.0. The second kappa shape index (κ2) is 15.5. The summed E-state index contributed by atoms with van der Waals surface area (Å²) in [5.41, 5.74) is -0.0293. The molecule has 12 heteroatoms. The molecule has 3 aliphatic heterocycles. The normalized spacial score (nSPS) is 22.3. The van der Waals surface area contributed by atoms with Gasteiger partial charge in [0.05, 0.1) is 6.54 Å². The van der Waals surface area contributed by atoms with Gasteiger partial charge in [-0.3, -0.25) is 24.0 Å². The van der Waals surface area contributed by atoms with Crippen LogP contribution in [0.3, 0.4) is 0 Å². The minimum absolute atomic E-state index is 0.139. The van der Waals surface area contributed by atoms with Crippen LogP contribution in [0.1, 0.15) is 42.6 Å². The summed E-state index contributed by atoms with van der Waals surface area (Å²) in [5, 5.41) is 11.0. The van der Waals surface area contributed by atoms with Crippen molar-refractivity contribution in [2.45, 2.75) is 56.8 Å². The minimum atomic E-state index is -1.38. The van der Waals surface area contributed by atoms with Crippen LogP contribution in [0.15, 0.2) is 84.9 Å². The lowest BCUT2D eigenvalue weighted by molar-refractivity contribution is -0.143. The molecule has 3 aromatic carbocycles. The maximum absolute atomic E-state index is 14.0. The Bertz CT molecular complexity index is 1590. The van der Waals surface area contributed by atoms with Crippen molar-refractivity contribution in [1.82, 2.24) is 26.2 Å². The molecule has 0 saturated carbocycles. The van der Waals surface area contributed by atoms with E-state index in [9.17, 15) is 24.0 Å². The summed E-state index contributed by atoms with van der Waals surface area (Å²) in [5.74, 6) is -1.25. The first kappa shape index (κ1) is 34.0. The molecular weight excluding hydrogens is 614 g/mol. The van der Waals surface area contributed by atoms with Gasteiger partial charge in [-0.05, 0) is 55.8 Å². The van der Waals surface area contributed by atoms with E-state index < -0.39 is 47.4 Å². The summed E-state index contributed by atoms with van der Waals surface area (Å²) in [6.45, 7) is 3.97. The van der Waals surface area contributed by atoms with Gasteiger partial charge < -0.3 is 35.6 Å². The van der Waals surface area contributed by atoms with Crippen LogP contribution in [0.4, 0.5) is 0 Å². The molecule has 3 aromatic rings. The maximum Gasteiger partial charge on any atom is 0.264 e. The summed E-state index contributed by atoms with van der Waals surface area (Å²) in [4.78, 5) is 68.5. The first-order chi connectivity index (χ1) is 23.1. The lowest BCUT2D eigenvalue weighted by Gasteiger charge is -2.41. The first-order valence-electron chi connectivity index (χ1n) is 16.1. The highest BCUT2D eigenvalue weighted by molar-refractivity contribution is 5.96. The third-order valence-corrected chi connectivity index (χ3v) is 8.51. The monoisotopic (exact) mass is 655 g/mol. The van der Waals surface area contributed by atoms with Gasteiger partial charge in [0.15, 0.2) is 5.60 Å². The Balaban J connectivity index is 1.38. The van der Waals surface area contributed by atoms with Crippen molar-refractivity contribution in [3.63, 3.8) is 0 Å². The number of benzene rings is 3. The molecule has 48 heavy (non-hydrogen) atoms. The fourth-order valence-electron chi connectivity index (χ4n) is 5.66. The van der Waals surface area contributed by atoms with Gasteiger partial charge in [0.2, 0.25) is 17.7 Å². The number of nitrogens with zero attached hydrogens (tertiary/aromatic N) is 1. The first-order valence-corrected chi connectivity index (χ1v) is 16.1. The molecule has 0 aromatic heterocycles. The van der Waals surface area contributed by atoms with Crippen molar-refractivity contribution in [2.24, 2.45) is 0 Å². The van der Waals surface area contributed by atoms with Crippen LogP contribution in [-0.4, -0.2) is 84.4 Å². The second-order valence-electron chi connectivity index (χ2n) is 12.0. The Morgan fingerprint density at radius 3 is 2.02 bits per heavy atom. The fraction of sp³-hybridized carbons (Fsp3) is 0.361. The van der Waals surface area contributed by atoms with Crippen molar-refractivity contribution in [2.75, 3.05) is 26.2 Å². The largest absolute Gasteiger partial charge is 0.492 e. The molecule has 1 saturated heterocycles. The van der Waals surface area contributed by atoms with Crippen molar-refractivity contribution in [3.8, 4) is 11.5 Å². The molecule has 3 heterocycles. The molecule has 1 spiro atoms. The number of carbonyl (C=O) groups excluding carboxylic acids is 5. The third-order valence-electron chi connectivity index (χ3n) is 8.51. The van der Waals surface area contributed by atoms with E-state index in [0.29, 0.717) is 17.1 Å². The van der Waals surface area contributed by atoms with Crippen LogP contribution >= 0.6 is 0 Å². The van der Waals surface area contributed by atoms with Crippen LogP contribution in [0.25, 0.3) is 0 Å². The van der Waals surface area contributed by atoms with E-state index in [0.717, 1.165) is 5.56 Å². The van der Waals surface area contributed by atoms with E-state index in [-0.39, 0.29) is 51.4 Å². The SMILES string of the molecule is C[C@@H]1NC(=O)[C@H](Cc2ccccc2)NC(=O)[C@H](C)NC(=O)C2(CCN(C(=O)c3ccccc3)CC2)Oc2ccc(cc2)OCCNC1=O. The number of fused-ring (bicyclic) bond motifs is 15. The number of likely N-dealkylation sites (tertiary alicyclic amines) is 1. The maximum atomic E-state index is 14.0. The van der Waals surface area contributed by atoms with Gasteiger partial charge in [0.1, 0.15) is 36.2 Å². The van der Waals surface area contributed by atoms with Gasteiger partial charge in [-0.15, -0.1) is 0 Å². The minimum Gasteiger partial charge on any atom is -0.492 e. The average molecular weight is 656 g/mol. The summed E-state index contributed by atoms with van der Waals surface area (Å²) in [6.07, 6.45) is 0.524. The van der Waals surface area contributed by atoms with Crippen molar-refractivity contribution in [3.05, 3.63) is 96.1 Å². The zero-order valence-electron chi connectivity index (χ0n) is 27.1. The van der Waals surface area contributed by atoms with E-state index >= 15 is 0 Å². The molecule has 4 N–H and O–H groups in total. The number of carbonyl (C=O) groups is 5. The van der Waals surface area contributed by atoms with Gasteiger partial charge >= 0.3 is 0 Å². The molecule has 3 aliphatic rings. The smallest absolute Gasteiger partial charge is 0.264 e. The highest BCUT2D eigenvalue weighted by Gasteiger charge is 2.46. The standard InChI is InChI=1S/C36H41N5O7/c1-24-31(42)37-19-22-47-28-13-15-29(16-14-28)48-36(17-20-41(21-18-36)34(45)27-11-7-4-8-12-27)35(46)39-25(2)32(43)40-30(33(44)38-24)23-26-9-5-3-6-10-26/h3-16,24-25,30H,17-23H2,1-2H3,(H,37,42)(H,38,44)(H,39,46)(H,40,43)/t24-,25-,30-/m0/s1. The third kappa shape index (κ3) is 8.49. The topological polar surface area (TPSA) is 155 Å². The predicted molar refractivity (Wildman–Crippen MR) is 177 cm³/mol. The van der Waals surface area contributed by atoms with Gasteiger partial charge in [0.25, 0.3) is 11.8 Å². The highest BCUT2D eigenvalue weighted by atomic mass is 16.5. The molecule has 12 nitrogen and oxygen atoms in total. The number of nitrogens with one attached hydrogen (secondary N) is 4. The molecular formula is C36H41N5O7. The van der Waals surface area contributed by atoms with Crippen molar-refractivity contribution < 1.29 is 33.4 Å². The number of hydrogen-bond donors (Lipinski definition) is 4.